The number of carbonyl (C=O) groups is 2. The Morgan fingerprint density at radius 3 is 2.37 bits per heavy atom. The predicted molar refractivity (Wildman–Crippen MR) is 136 cm³/mol. The summed E-state index contributed by atoms with van der Waals surface area (Å²) in [5, 5.41) is 11.0. The Kier molecular flexibility index (Phi) is 5.89. The van der Waals surface area contributed by atoms with E-state index in [1.165, 1.54) is 22.4 Å². The average Bonchev–Trinajstić information content (AvgIpc) is 3.13. The van der Waals surface area contributed by atoms with Crippen molar-refractivity contribution in [1.29, 1.82) is 0 Å². The summed E-state index contributed by atoms with van der Waals surface area (Å²) in [5.74, 6) is -0.503. The standard InChI is InChI=1S/C29H35N3O3/c33-27-24-9-6-10-25(26(24)28(34)32(27)20-29(35)13-4-1-5-14-29)31-17-15-30(16-18-31)23-12-11-21-7-2-3-8-22(21)19-23/h2-3,6-10,23,35H,1,4-5,11-20H2. The maximum Gasteiger partial charge on any atom is 0.263 e. The molecule has 0 radical (unpaired) electrons. The van der Waals surface area contributed by atoms with Crippen molar-refractivity contribution in [1.82, 2.24) is 9.80 Å². The molecule has 0 aromatic heterocycles. The summed E-state index contributed by atoms with van der Waals surface area (Å²) < 4.78 is 0. The highest BCUT2D eigenvalue weighted by Crippen LogP contribution is 2.36. The van der Waals surface area contributed by atoms with Gasteiger partial charge in [-0.05, 0) is 55.4 Å². The number of aliphatic hydroxyl groups is 1. The van der Waals surface area contributed by atoms with Crippen molar-refractivity contribution >= 4 is 17.5 Å². The van der Waals surface area contributed by atoms with Gasteiger partial charge in [0.2, 0.25) is 0 Å². The summed E-state index contributed by atoms with van der Waals surface area (Å²) in [6.45, 7) is 3.72. The Hall–Kier alpha value is -2.70. The van der Waals surface area contributed by atoms with Crippen molar-refractivity contribution in [2.45, 2.75) is 63.0 Å². The van der Waals surface area contributed by atoms with Gasteiger partial charge < -0.3 is 10.0 Å². The molecular weight excluding hydrogens is 438 g/mol. The lowest BCUT2D eigenvalue weighted by molar-refractivity contribution is -0.0177. The number of imide groups is 1. The van der Waals surface area contributed by atoms with Crippen LogP contribution in [0.4, 0.5) is 5.69 Å². The number of carbonyl (C=O) groups excluding carboxylic acids is 2. The lowest BCUT2D eigenvalue weighted by Gasteiger charge is -2.42. The second-order valence-electron chi connectivity index (χ2n) is 10.9. The normalized spacial score (nSPS) is 24.4. The fraction of sp³-hybridized carbons (Fsp3) is 0.517. The number of hydrogen-bond acceptors (Lipinski definition) is 5. The van der Waals surface area contributed by atoms with E-state index in [1.807, 2.05) is 12.1 Å². The van der Waals surface area contributed by atoms with Crippen molar-refractivity contribution in [3.8, 4) is 0 Å². The number of rotatable bonds is 4. The Balaban J connectivity index is 1.15. The van der Waals surface area contributed by atoms with Gasteiger partial charge in [0, 0.05) is 32.2 Å². The smallest absolute Gasteiger partial charge is 0.263 e. The molecule has 2 aromatic rings. The Morgan fingerprint density at radius 1 is 0.857 bits per heavy atom. The van der Waals surface area contributed by atoms with Crippen LogP contribution in [0.3, 0.4) is 0 Å². The van der Waals surface area contributed by atoms with E-state index in [0.717, 1.165) is 64.0 Å². The van der Waals surface area contributed by atoms with Crippen LogP contribution in [-0.2, 0) is 12.8 Å². The molecule has 1 atom stereocenters. The van der Waals surface area contributed by atoms with Gasteiger partial charge in [0.05, 0.1) is 29.0 Å². The van der Waals surface area contributed by atoms with Crippen molar-refractivity contribution in [2.75, 3.05) is 37.6 Å². The summed E-state index contributed by atoms with van der Waals surface area (Å²) >= 11 is 0. The van der Waals surface area contributed by atoms with Crippen LogP contribution in [0.1, 0.15) is 70.4 Å². The van der Waals surface area contributed by atoms with Crippen molar-refractivity contribution in [3.63, 3.8) is 0 Å². The summed E-state index contributed by atoms with van der Waals surface area (Å²) in [7, 11) is 0. The minimum Gasteiger partial charge on any atom is -0.388 e. The van der Waals surface area contributed by atoms with Gasteiger partial charge in [-0.3, -0.25) is 19.4 Å². The molecule has 2 amide bonds. The molecule has 6 rings (SSSR count). The average molecular weight is 474 g/mol. The molecule has 1 N–H and O–H groups in total. The van der Waals surface area contributed by atoms with E-state index in [9.17, 15) is 14.7 Å². The van der Waals surface area contributed by atoms with Crippen molar-refractivity contribution in [3.05, 3.63) is 64.7 Å². The second kappa shape index (κ2) is 9.07. The van der Waals surface area contributed by atoms with Crippen LogP contribution in [0.5, 0.6) is 0 Å². The molecule has 0 spiro atoms. The first-order valence-corrected chi connectivity index (χ1v) is 13.3. The predicted octanol–water partition coefficient (Wildman–Crippen LogP) is 3.66. The molecule has 1 unspecified atom stereocenters. The third kappa shape index (κ3) is 4.17. The molecule has 2 aromatic carbocycles. The second-order valence-corrected chi connectivity index (χ2v) is 10.9. The largest absolute Gasteiger partial charge is 0.388 e. The number of amides is 2. The van der Waals surface area contributed by atoms with Crippen LogP contribution in [0, 0.1) is 0 Å². The SMILES string of the molecule is O=C1c2cccc(N3CCN(C4CCc5ccccc5C4)CC3)c2C(=O)N1CC1(O)CCCCC1. The number of nitrogens with zero attached hydrogens (tertiary/aromatic N) is 3. The fourth-order valence-corrected chi connectivity index (χ4v) is 6.70. The lowest BCUT2D eigenvalue weighted by atomic mass is 9.84. The number of piperazine rings is 1. The number of β-amino-alcohol motifs (C(OH)–C–C–N with tert-alkyl or cyclic N) is 1. The van der Waals surface area contributed by atoms with Crippen LogP contribution in [0.15, 0.2) is 42.5 Å². The molecule has 35 heavy (non-hydrogen) atoms. The molecule has 2 aliphatic heterocycles. The summed E-state index contributed by atoms with van der Waals surface area (Å²) in [6.07, 6.45) is 7.76. The molecule has 6 heteroatoms. The van der Waals surface area contributed by atoms with Gasteiger partial charge >= 0.3 is 0 Å². The first kappa shape index (κ1) is 22.7. The van der Waals surface area contributed by atoms with Gasteiger partial charge in [-0.2, -0.15) is 0 Å². The number of fused-ring (bicyclic) bond motifs is 2. The molecule has 2 aliphatic carbocycles. The first-order chi connectivity index (χ1) is 17.0. The molecule has 1 saturated heterocycles. The molecule has 6 nitrogen and oxygen atoms in total. The number of hydrogen-bond donors (Lipinski definition) is 1. The van der Waals surface area contributed by atoms with Crippen LogP contribution in [0.25, 0.3) is 0 Å². The molecule has 2 heterocycles. The Labute approximate surface area is 207 Å². The van der Waals surface area contributed by atoms with Crippen molar-refractivity contribution < 1.29 is 14.7 Å². The van der Waals surface area contributed by atoms with Gasteiger partial charge in [0.25, 0.3) is 11.8 Å². The van der Waals surface area contributed by atoms with E-state index in [4.69, 9.17) is 0 Å². The Morgan fingerprint density at radius 2 is 1.60 bits per heavy atom. The number of aryl methyl sites for hydroxylation is 1. The van der Waals surface area contributed by atoms with Crippen LogP contribution < -0.4 is 4.90 Å². The topological polar surface area (TPSA) is 64.1 Å². The van der Waals surface area contributed by atoms with E-state index in [2.05, 4.69) is 34.1 Å². The summed E-state index contributed by atoms with van der Waals surface area (Å²) in [4.78, 5) is 32.8. The molecular formula is C29H35N3O3. The first-order valence-electron chi connectivity index (χ1n) is 13.3. The van der Waals surface area contributed by atoms with E-state index in [-0.39, 0.29) is 18.4 Å². The summed E-state index contributed by atoms with van der Waals surface area (Å²) in [5.41, 5.74) is 3.90. The molecule has 1 saturated carbocycles. The van der Waals surface area contributed by atoms with Crippen molar-refractivity contribution in [2.24, 2.45) is 0 Å². The highest BCUT2D eigenvalue weighted by atomic mass is 16.3. The number of anilines is 1. The minimum absolute atomic E-state index is 0.107. The maximum atomic E-state index is 13.5. The highest BCUT2D eigenvalue weighted by molar-refractivity contribution is 6.23. The fourth-order valence-electron chi connectivity index (χ4n) is 6.70. The van der Waals surface area contributed by atoms with E-state index >= 15 is 0 Å². The zero-order chi connectivity index (χ0) is 24.0. The maximum absolute atomic E-state index is 13.5. The lowest BCUT2D eigenvalue weighted by Crippen LogP contribution is -2.52. The van der Waals surface area contributed by atoms with Crippen LogP contribution in [0.2, 0.25) is 0 Å². The molecule has 0 bridgehead atoms. The van der Waals surface area contributed by atoms with Gasteiger partial charge in [-0.25, -0.2) is 0 Å². The minimum atomic E-state index is -0.948. The van der Waals surface area contributed by atoms with Crippen LogP contribution >= 0.6 is 0 Å². The zero-order valence-corrected chi connectivity index (χ0v) is 20.4. The van der Waals surface area contributed by atoms with Crippen LogP contribution in [-0.4, -0.2) is 71.1 Å². The monoisotopic (exact) mass is 473 g/mol. The van der Waals surface area contributed by atoms with Gasteiger partial charge in [0.15, 0.2) is 0 Å². The number of benzene rings is 2. The zero-order valence-electron chi connectivity index (χ0n) is 20.4. The van der Waals surface area contributed by atoms with E-state index in [0.29, 0.717) is 30.0 Å². The molecule has 184 valence electrons. The third-order valence-corrected chi connectivity index (χ3v) is 8.71. The molecule has 4 aliphatic rings. The Bertz CT molecular complexity index is 1130. The quantitative estimate of drug-likeness (QED) is 0.687. The van der Waals surface area contributed by atoms with E-state index < -0.39 is 5.60 Å². The summed E-state index contributed by atoms with van der Waals surface area (Å²) in [6, 6.07) is 15.0. The van der Waals surface area contributed by atoms with E-state index in [1.54, 1.807) is 6.07 Å². The van der Waals surface area contributed by atoms with Gasteiger partial charge in [-0.1, -0.05) is 49.6 Å². The third-order valence-electron chi connectivity index (χ3n) is 8.71. The van der Waals surface area contributed by atoms with Gasteiger partial charge in [-0.15, -0.1) is 0 Å². The van der Waals surface area contributed by atoms with Gasteiger partial charge in [0.1, 0.15) is 0 Å². The highest BCUT2D eigenvalue weighted by Gasteiger charge is 2.43. The molecule has 2 fully saturated rings.